The van der Waals surface area contributed by atoms with E-state index in [1.165, 1.54) is 13.0 Å². The molecule has 0 bridgehead atoms. The molecule has 23 heavy (non-hydrogen) atoms. The summed E-state index contributed by atoms with van der Waals surface area (Å²) in [5.74, 6) is -1.07. The first-order valence-electron chi connectivity index (χ1n) is 6.59. The molecule has 1 N–H and O–H groups in total. The van der Waals surface area contributed by atoms with Gasteiger partial charge in [0.1, 0.15) is 0 Å². The third kappa shape index (κ3) is 4.96. The molecule has 0 heterocycles. The second-order valence-corrected chi connectivity index (χ2v) is 6.43. The van der Waals surface area contributed by atoms with E-state index in [-0.39, 0.29) is 0 Å². The fourth-order valence-corrected chi connectivity index (χ4v) is 2.41. The molecular formula is C16H12BrCl2NO3. The van der Waals surface area contributed by atoms with E-state index < -0.39 is 18.0 Å². The van der Waals surface area contributed by atoms with Crippen molar-refractivity contribution in [2.45, 2.75) is 13.0 Å². The number of anilines is 1. The highest BCUT2D eigenvalue weighted by Gasteiger charge is 2.19. The lowest BCUT2D eigenvalue weighted by molar-refractivity contribution is -0.123. The average Bonchev–Trinajstić information content (AvgIpc) is 2.50. The Balaban J connectivity index is 1.99. The fraction of sp³-hybridized carbons (Fsp3) is 0.125. The minimum absolute atomic E-state index is 0.303. The van der Waals surface area contributed by atoms with Gasteiger partial charge in [0.05, 0.1) is 16.3 Å². The van der Waals surface area contributed by atoms with Crippen molar-refractivity contribution in [2.24, 2.45) is 0 Å². The van der Waals surface area contributed by atoms with Gasteiger partial charge in [0.15, 0.2) is 6.10 Å². The summed E-state index contributed by atoms with van der Waals surface area (Å²) in [6.07, 6.45) is -0.974. The maximum Gasteiger partial charge on any atom is 0.338 e. The number of benzene rings is 2. The van der Waals surface area contributed by atoms with Gasteiger partial charge in [-0.15, -0.1) is 0 Å². The van der Waals surface area contributed by atoms with Gasteiger partial charge in [0.25, 0.3) is 5.91 Å². The van der Waals surface area contributed by atoms with Gasteiger partial charge < -0.3 is 10.1 Å². The summed E-state index contributed by atoms with van der Waals surface area (Å²) in [5.41, 5.74) is 0.755. The molecule has 1 unspecified atom stereocenters. The Morgan fingerprint density at radius 2 is 1.78 bits per heavy atom. The van der Waals surface area contributed by atoms with Crippen LogP contribution in [0.2, 0.25) is 10.0 Å². The number of halogens is 3. The number of hydrogen-bond donors (Lipinski definition) is 1. The van der Waals surface area contributed by atoms with Gasteiger partial charge in [-0.3, -0.25) is 4.79 Å². The van der Waals surface area contributed by atoms with Crippen LogP contribution in [0.1, 0.15) is 17.3 Å². The van der Waals surface area contributed by atoms with Crippen LogP contribution in [0.3, 0.4) is 0 Å². The van der Waals surface area contributed by atoms with Gasteiger partial charge in [-0.1, -0.05) is 39.1 Å². The second-order valence-electron chi connectivity index (χ2n) is 4.67. The van der Waals surface area contributed by atoms with Crippen LogP contribution in [0.15, 0.2) is 46.9 Å². The lowest BCUT2D eigenvalue weighted by Crippen LogP contribution is -2.30. The Hall–Kier alpha value is -1.56. The van der Waals surface area contributed by atoms with E-state index >= 15 is 0 Å². The Morgan fingerprint density at radius 3 is 2.39 bits per heavy atom. The normalized spacial score (nSPS) is 11.7. The summed E-state index contributed by atoms with van der Waals surface area (Å²) in [7, 11) is 0. The van der Waals surface area contributed by atoms with Crippen LogP contribution in [0.5, 0.6) is 0 Å². The maximum atomic E-state index is 12.1. The zero-order valence-electron chi connectivity index (χ0n) is 12.0. The molecule has 2 aromatic carbocycles. The van der Waals surface area contributed by atoms with Crippen LogP contribution in [-0.4, -0.2) is 18.0 Å². The minimum Gasteiger partial charge on any atom is -0.449 e. The largest absolute Gasteiger partial charge is 0.449 e. The molecule has 0 fully saturated rings. The van der Waals surface area contributed by atoms with Crippen molar-refractivity contribution in [3.8, 4) is 0 Å². The molecule has 1 atom stereocenters. The Morgan fingerprint density at radius 1 is 1.13 bits per heavy atom. The smallest absolute Gasteiger partial charge is 0.338 e. The molecule has 0 saturated heterocycles. The predicted octanol–water partition coefficient (Wildman–Crippen LogP) is 4.94. The van der Waals surface area contributed by atoms with E-state index in [4.69, 9.17) is 27.9 Å². The van der Waals surface area contributed by atoms with Gasteiger partial charge >= 0.3 is 5.97 Å². The molecule has 0 aliphatic rings. The van der Waals surface area contributed by atoms with E-state index in [1.807, 2.05) is 0 Å². The predicted molar refractivity (Wildman–Crippen MR) is 94.1 cm³/mol. The average molecular weight is 417 g/mol. The van der Waals surface area contributed by atoms with Crippen LogP contribution in [0.25, 0.3) is 0 Å². The monoisotopic (exact) mass is 415 g/mol. The fourth-order valence-electron chi connectivity index (χ4n) is 1.69. The van der Waals surface area contributed by atoms with E-state index in [2.05, 4.69) is 21.2 Å². The molecule has 0 radical (unpaired) electrons. The highest BCUT2D eigenvalue weighted by atomic mass is 79.9. The molecule has 7 heteroatoms. The zero-order chi connectivity index (χ0) is 17.0. The number of nitrogens with one attached hydrogen (secondary N) is 1. The summed E-state index contributed by atoms with van der Waals surface area (Å²) < 4.78 is 5.98. The number of ether oxygens (including phenoxy) is 1. The first-order chi connectivity index (χ1) is 10.9. The van der Waals surface area contributed by atoms with Crippen molar-refractivity contribution in [3.63, 3.8) is 0 Å². The number of esters is 1. The minimum atomic E-state index is -0.974. The molecule has 0 saturated carbocycles. The SMILES string of the molecule is CC(OC(=O)c1ccc(Br)cc1)C(=O)Nc1ccc(Cl)cc1Cl. The van der Waals surface area contributed by atoms with E-state index in [0.717, 1.165) is 4.47 Å². The molecule has 0 aliphatic heterocycles. The van der Waals surface area contributed by atoms with E-state index in [9.17, 15) is 9.59 Å². The molecule has 1 amide bonds. The topological polar surface area (TPSA) is 55.4 Å². The molecule has 4 nitrogen and oxygen atoms in total. The van der Waals surface area contributed by atoms with Crippen molar-refractivity contribution in [3.05, 3.63) is 62.5 Å². The van der Waals surface area contributed by atoms with E-state index in [1.54, 1.807) is 36.4 Å². The first kappa shape index (κ1) is 17.8. The van der Waals surface area contributed by atoms with Crippen LogP contribution in [0, 0.1) is 0 Å². The highest BCUT2D eigenvalue weighted by molar-refractivity contribution is 9.10. The lowest BCUT2D eigenvalue weighted by Gasteiger charge is -2.14. The van der Waals surface area contributed by atoms with Crippen molar-refractivity contribution < 1.29 is 14.3 Å². The molecule has 0 aliphatic carbocycles. The van der Waals surface area contributed by atoms with Gasteiger partial charge in [0.2, 0.25) is 0 Å². The molecule has 2 rings (SSSR count). The molecule has 0 spiro atoms. The highest BCUT2D eigenvalue weighted by Crippen LogP contribution is 2.25. The Kier molecular flexibility index (Phi) is 6.04. The third-order valence-corrected chi connectivity index (χ3v) is 4.00. The zero-order valence-corrected chi connectivity index (χ0v) is 15.1. The standard InChI is InChI=1S/C16H12BrCl2NO3/c1-9(23-16(22)10-2-4-11(17)5-3-10)15(21)20-14-7-6-12(18)8-13(14)19/h2-9H,1H3,(H,20,21). The van der Waals surface area contributed by atoms with Crippen LogP contribution in [-0.2, 0) is 9.53 Å². The number of rotatable bonds is 4. The van der Waals surface area contributed by atoms with Crippen molar-refractivity contribution in [1.29, 1.82) is 0 Å². The van der Waals surface area contributed by atoms with Crippen molar-refractivity contribution >= 4 is 56.7 Å². The Bertz CT molecular complexity index is 735. The number of carbonyl (C=O) groups is 2. The number of hydrogen-bond acceptors (Lipinski definition) is 3. The summed E-state index contributed by atoms with van der Waals surface area (Å²) in [4.78, 5) is 24.1. The summed E-state index contributed by atoms with van der Waals surface area (Å²) in [5, 5.41) is 3.35. The molecule has 2 aromatic rings. The van der Waals surface area contributed by atoms with Crippen molar-refractivity contribution in [1.82, 2.24) is 0 Å². The molecule has 120 valence electrons. The second kappa shape index (κ2) is 7.81. The molecule has 0 aromatic heterocycles. The molecular weight excluding hydrogens is 405 g/mol. The first-order valence-corrected chi connectivity index (χ1v) is 8.14. The van der Waals surface area contributed by atoms with E-state index in [0.29, 0.717) is 21.3 Å². The lowest BCUT2D eigenvalue weighted by atomic mass is 10.2. The summed E-state index contributed by atoms with van der Waals surface area (Å²) >= 11 is 15.1. The number of carbonyl (C=O) groups excluding carboxylic acids is 2. The van der Waals surface area contributed by atoms with Gasteiger partial charge in [-0.25, -0.2) is 4.79 Å². The number of amides is 1. The van der Waals surface area contributed by atoms with Gasteiger partial charge in [0, 0.05) is 9.50 Å². The maximum absolute atomic E-state index is 12.1. The third-order valence-electron chi connectivity index (χ3n) is 2.92. The van der Waals surface area contributed by atoms with Crippen LogP contribution < -0.4 is 5.32 Å². The van der Waals surface area contributed by atoms with Gasteiger partial charge in [-0.05, 0) is 49.4 Å². The summed E-state index contributed by atoms with van der Waals surface area (Å²) in [6.45, 7) is 1.48. The summed E-state index contributed by atoms with van der Waals surface area (Å²) in [6, 6.07) is 11.3. The van der Waals surface area contributed by atoms with Gasteiger partial charge in [-0.2, -0.15) is 0 Å². The van der Waals surface area contributed by atoms with Crippen LogP contribution in [0.4, 0.5) is 5.69 Å². The van der Waals surface area contributed by atoms with Crippen LogP contribution >= 0.6 is 39.1 Å². The Labute approximate surface area is 151 Å². The van der Waals surface area contributed by atoms with Crippen molar-refractivity contribution in [2.75, 3.05) is 5.32 Å². The quantitative estimate of drug-likeness (QED) is 0.718.